The van der Waals surface area contributed by atoms with Gasteiger partial charge >= 0.3 is 5.97 Å². The van der Waals surface area contributed by atoms with Gasteiger partial charge in [0.25, 0.3) is 0 Å². The number of rotatable bonds is 2. The van der Waals surface area contributed by atoms with Crippen LogP contribution in [0.5, 0.6) is 0 Å². The van der Waals surface area contributed by atoms with Crippen LogP contribution in [0.15, 0.2) is 12.1 Å². The molecule has 0 spiro atoms. The molecule has 1 rings (SSSR count). The highest BCUT2D eigenvalue weighted by Gasteiger charge is 2.18. The summed E-state index contributed by atoms with van der Waals surface area (Å²) in [4.78, 5) is 13.1. The second-order valence-corrected chi connectivity index (χ2v) is 5.14. The predicted molar refractivity (Wildman–Crippen MR) is 57.4 cm³/mol. The van der Waals surface area contributed by atoms with E-state index in [9.17, 15) is 4.79 Å². The van der Waals surface area contributed by atoms with E-state index in [2.05, 4.69) is 0 Å². The van der Waals surface area contributed by atoms with Crippen molar-refractivity contribution in [1.82, 2.24) is 0 Å². The molecule has 78 valence electrons. The van der Waals surface area contributed by atoms with Crippen molar-refractivity contribution >= 4 is 17.3 Å². The maximum Gasteiger partial charge on any atom is 0.348 e. The summed E-state index contributed by atoms with van der Waals surface area (Å²) in [5.74, 6) is -0.276. The summed E-state index contributed by atoms with van der Waals surface area (Å²) >= 11 is 1.38. The number of hydrogen-bond donors (Lipinski definition) is 1. The second-order valence-electron chi connectivity index (χ2n) is 3.97. The summed E-state index contributed by atoms with van der Waals surface area (Å²) in [6.45, 7) is 6.01. The van der Waals surface area contributed by atoms with Crippen LogP contribution in [0.2, 0.25) is 0 Å². The van der Waals surface area contributed by atoms with Gasteiger partial charge in [0, 0.05) is 11.4 Å². The fourth-order valence-corrected chi connectivity index (χ4v) is 1.69. The van der Waals surface area contributed by atoms with Crippen molar-refractivity contribution in [2.45, 2.75) is 32.9 Å². The average Bonchev–Trinajstić information content (AvgIpc) is 2.48. The third-order valence-corrected chi connectivity index (χ3v) is 2.55. The zero-order valence-electron chi connectivity index (χ0n) is 8.66. The molecular formula is C10H15NO2S. The Morgan fingerprint density at radius 1 is 1.50 bits per heavy atom. The van der Waals surface area contributed by atoms with Gasteiger partial charge in [-0.15, -0.1) is 11.3 Å². The van der Waals surface area contributed by atoms with Crippen LogP contribution in [0, 0.1) is 0 Å². The standard InChI is InChI=1S/C10H15NO2S/c1-10(2,3)13-9(12)8-5-4-7(6-11)14-8/h4-5H,6,11H2,1-3H3. The molecule has 0 amide bonds. The first-order chi connectivity index (χ1) is 6.42. The molecular weight excluding hydrogens is 198 g/mol. The number of hydrogen-bond acceptors (Lipinski definition) is 4. The van der Waals surface area contributed by atoms with Crippen molar-refractivity contribution in [3.63, 3.8) is 0 Å². The average molecular weight is 213 g/mol. The summed E-state index contributed by atoms with van der Waals surface area (Å²) in [7, 11) is 0. The van der Waals surface area contributed by atoms with Crippen LogP contribution in [0.25, 0.3) is 0 Å². The van der Waals surface area contributed by atoms with Crippen LogP contribution >= 0.6 is 11.3 Å². The van der Waals surface area contributed by atoms with E-state index in [0.29, 0.717) is 11.4 Å². The lowest BCUT2D eigenvalue weighted by molar-refractivity contribution is 0.00752. The third-order valence-electron chi connectivity index (χ3n) is 1.46. The zero-order chi connectivity index (χ0) is 10.8. The minimum atomic E-state index is -0.441. The Morgan fingerprint density at radius 3 is 2.57 bits per heavy atom. The van der Waals surface area contributed by atoms with Crippen LogP contribution in [-0.4, -0.2) is 11.6 Å². The van der Waals surface area contributed by atoms with Crippen LogP contribution in [0.3, 0.4) is 0 Å². The largest absolute Gasteiger partial charge is 0.456 e. The maximum absolute atomic E-state index is 11.5. The Morgan fingerprint density at radius 2 is 2.14 bits per heavy atom. The summed E-state index contributed by atoms with van der Waals surface area (Å²) in [6.07, 6.45) is 0. The van der Waals surface area contributed by atoms with E-state index < -0.39 is 5.60 Å². The number of nitrogens with two attached hydrogens (primary N) is 1. The van der Waals surface area contributed by atoms with Crippen molar-refractivity contribution in [3.8, 4) is 0 Å². The summed E-state index contributed by atoms with van der Waals surface area (Å²) in [5.41, 5.74) is 5.01. The first-order valence-electron chi connectivity index (χ1n) is 4.44. The topological polar surface area (TPSA) is 52.3 Å². The monoisotopic (exact) mass is 213 g/mol. The Bertz CT molecular complexity index is 325. The molecule has 1 aromatic heterocycles. The Hall–Kier alpha value is -0.870. The molecule has 0 radical (unpaired) electrons. The third kappa shape index (κ3) is 3.12. The molecule has 3 nitrogen and oxygen atoms in total. The molecule has 2 N–H and O–H groups in total. The molecule has 0 aliphatic carbocycles. The molecule has 0 aliphatic rings. The van der Waals surface area contributed by atoms with Gasteiger partial charge in [0.15, 0.2) is 0 Å². The molecule has 1 heterocycles. The second kappa shape index (κ2) is 4.11. The van der Waals surface area contributed by atoms with Crippen LogP contribution < -0.4 is 5.73 Å². The lowest BCUT2D eigenvalue weighted by Gasteiger charge is -2.18. The van der Waals surface area contributed by atoms with E-state index in [1.54, 1.807) is 6.07 Å². The molecule has 0 aliphatic heterocycles. The normalized spacial score (nSPS) is 11.4. The molecule has 4 heteroatoms. The first-order valence-corrected chi connectivity index (χ1v) is 5.26. The SMILES string of the molecule is CC(C)(C)OC(=O)c1ccc(CN)s1. The van der Waals surface area contributed by atoms with Gasteiger partial charge in [0.1, 0.15) is 10.5 Å². The summed E-state index contributed by atoms with van der Waals surface area (Å²) < 4.78 is 5.21. The van der Waals surface area contributed by atoms with Gasteiger partial charge in [-0.05, 0) is 32.9 Å². The number of thiophene rings is 1. The lowest BCUT2D eigenvalue weighted by atomic mass is 10.2. The fraction of sp³-hybridized carbons (Fsp3) is 0.500. The molecule has 14 heavy (non-hydrogen) atoms. The van der Waals surface area contributed by atoms with Crippen molar-refractivity contribution in [2.24, 2.45) is 5.73 Å². The highest BCUT2D eigenvalue weighted by molar-refractivity contribution is 7.13. The van der Waals surface area contributed by atoms with E-state index in [4.69, 9.17) is 10.5 Å². The van der Waals surface area contributed by atoms with Gasteiger partial charge in [-0.2, -0.15) is 0 Å². The summed E-state index contributed by atoms with van der Waals surface area (Å²) in [5, 5.41) is 0. The van der Waals surface area contributed by atoms with Gasteiger partial charge in [-0.25, -0.2) is 4.79 Å². The molecule has 1 aromatic rings. The van der Waals surface area contributed by atoms with E-state index in [1.165, 1.54) is 11.3 Å². The molecule has 0 saturated heterocycles. The number of carbonyl (C=O) groups excluding carboxylic acids is 1. The van der Waals surface area contributed by atoms with E-state index in [1.807, 2.05) is 26.8 Å². The van der Waals surface area contributed by atoms with Gasteiger partial charge < -0.3 is 10.5 Å². The van der Waals surface area contributed by atoms with Gasteiger partial charge in [-0.3, -0.25) is 0 Å². The minimum Gasteiger partial charge on any atom is -0.456 e. The van der Waals surface area contributed by atoms with Gasteiger partial charge in [-0.1, -0.05) is 0 Å². The van der Waals surface area contributed by atoms with Crippen molar-refractivity contribution < 1.29 is 9.53 Å². The van der Waals surface area contributed by atoms with E-state index in [0.717, 1.165) is 4.88 Å². The zero-order valence-corrected chi connectivity index (χ0v) is 9.48. The molecule has 0 unspecified atom stereocenters. The number of esters is 1. The molecule has 0 fully saturated rings. The molecule has 0 aromatic carbocycles. The van der Waals surface area contributed by atoms with Crippen LogP contribution in [-0.2, 0) is 11.3 Å². The quantitative estimate of drug-likeness (QED) is 0.766. The Labute approximate surface area is 87.9 Å². The predicted octanol–water partition coefficient (Wildman–Crippen LogP) is 2.16. The maximum atomic E-state index is 11.5. The van der Waals surface area contributed by atoms with Crippen LogP contribution in [0.4, 0.5) is 0 Å². The van der Waals surface area contributed by atoms with Gasteiger partial charge in [0.05, 0.1) is 0 Å². The highest BCUT2D eigenvalue weighted by atomic mass is 32.1. The minimum absolute atomic E-state index is 0.276. The van der Waals surface area contributed by atoms with E-state index in [-0.39, 0.29) is 5.97 Å². The number of carbonyl (C=O) groups is 1. The van der Waals surface area contributed by atoms with Crippen molar-refractivity contribution in [3.05, 3.63) is 21.9 Å². The smallest absolute Gasteiger partial charge is 0.348 e. The molecule has 0 saturated carbocycles. The van der Waals surface area contributed by atoms with Crippen molar-refractivity contribution in [1.29, 1.82) is 0 Å². The highest BCUT2D eigenvalue weighted by Crippen LogP contribution is 2.19. The number of ether oxygens (including phenoxy) is 1. The van der Waals surface area contributed by atoms with Crippen LogP contribution in [0.1, 0.15) is 35.3 Å². The molecule has 0 bridgehead atoms. The lowest BCUT2D eigenvalue weighted by Crippen LogP contribution is -2.23. The fourth-order valence-electron chi connectivity index (χ4n) is 0.926. The molecule has 0 atom stereocenters. The van der Waals surface area contributed by atoms with E-state index >= 15 is 0 Å². The Balaban J connectivity index is 2.70. The Kier molecular flexibility index (Phi) is 3.29. The first kappa shape index (κ1) is 11.2. The van der Waals surface area contributed by atoms with Crippen molar-refractivity contribution in [2.75, 3.05) is 0 Å². The summed E-state index contributed by atoms with van der Waals surface area (Å²) in [6, 6.07) is 3.60. The van der Waals surface area contributed by atoms with Gasteiger partial charge in [0.2, 0.25) is 0 Å².